The second kappa shape index (κ2) is 9.38. The summed E-state index contributed by atoms with van der Waals surface area (Å²) in [5.74, 6) is -1.25. The maximum Gasteiger partial charge on any atom is 0.243 e. The van der Waals surface area contributed by atoms with Crippen molar-refractivity contribution in [3.63, 3.8) is 0 Å². The van der Waals surface area contributed by atoms with Crippen LogP contribution < -0.4 is 5.32 Å². The van der Waals surface area contributed by atoms with Gasteiger partial charge in [-0.25, -0.2) is 12.8 Å². The number of nitrogens with zero attached hydrogens (tertiary/aromatic N) is 1. The molecule has 0 aliphatic rings. The van der Waals surface area contributed by atoms with E-state index in [1.807, 2.05) is 25.1 Å². The molecule has 0 radical (unpaired) electrons. The third-order valence-corrected chi connectivity index (χ3v) is 6.42. The lowest BCUT2D eigenvalue weighted by atomic mass is 10.1. The molecular weight excluding hydrogens is 427 g/mol. The summed E-state index contributed by atoms with van der Waals surface area (Å²) in [5.41, 5.74) is 1.68. The molecule has 1 amide bonds. The molecular formula is C22H20ClFN2O3S. The molecule has 0 aromatic heterocycles. The Labute approximate surface area is 180 Å². The molecule has 156 valence electrons. The van der Waals surface area contributed by atoms with Crippen molar-refractivity contribution in [2.24, 2.45) is 0 Å². The molecule has 0 unspecified atom stereocenters. The first kappa shape index (κ1) is 22.0. The maximum atomic E-state index is 13.9. The highest BCUT2D eigenvalue weighted by Gasteiger charge is 2.27. The van der Waals surface area contributed by atoms with E-state index in [2.05, 4.69) is 5.32 Å². The highest BCUT2D eigenvalue weighted by molar-refractivity contribution is 7.89. The Balaban J connectivity index is 1.89. The van der Waals surface area contributed by atoms with Crippen LogP contribution in [0.15, 0.2) is 77.7 Å². The van der Waals surface area contributed by atoms with Gasteiger partial charge in [0.15, 0.2) is 0 Å². The Morgan fingerprint density at radius 3 is 2.40 bits per heavy atom. The van der Waals surface area contributed by atoms with Crippen molar-refractivity contribution in [2.75, 3.05) is 11.9 Å². The summed E-state index contributed by atoms with van der Waals surface area (Å²) < 4.78 is 41.3. The van der Waals surface area contributed by atoms with Gasteiger partial charge in [-0.15, -0.1) is 0 Å². The number of hydrogen-bond acceptors (Lipinski definition) is 3. The van der Waals surface area contributed by atoms with Gasteiger partial charge in [-0.1, -0.05) is 53.6 Å². The van der Waals surface area contributed by atoms with E-state index in [9.17, 15) is 17.6 Å². The number of aryl methyl sites for hydroxylation is 1. The van der Waals surface area contributed by atoms with Gasteiger partial charge >= 0.3 is 0 Å². The molecule has 0 atom stereocenters. The van der Waals surface area contributed by atoms with Gasteiger partial charge in [0.25, 0.3) is 0 Å². The topological polar surface area (TPSA) is 66.5 Å². The van der Waals surface area contributed by atoms with Crippen LogP contribution in [0.3, 0.4) is 0 Å². The van der Waals surface area contributed by atoms with E-state index >= 15 is 0 Å². The minimum Gasteiger partial charge on any atom is -0.322 e. The summed E-state index contributed by atoms with van der Waals surface area (Å²) in [7, 11) is -4.01. The molecule has 0 spiro atoms. The average molecular weight is 447 g/mol. The van der Waals surface area contributed by atoms with E-state index in [1.54, 1.807) is 12.1 Å². The number of carbonyl (C=O) groups excluding carboxylic acids is 1. The van der Waals surface area contributed by atoms with Crippen molar-refractivity contribution in [1.29, 1.82) is 0 Å². The van der Waals surface area contributed by atoms with Crippen molar-refractivity contribution in [3.8, 4) is 0 Å². The number of halogens is 2. The molecule has 5 nitrogen and oxygen atoms in total. The van der Waals surface area contributed by atoms with Crippen LogP contribution in [0.4, 0.5) is 10.1 Å². The van der Waals surface area contributed by atoms with E-state index in [0.717, 1.165) is 15.4 Å². The summed E-state index contributed by atoms with van der Waals surface area (Å²) in [5, 5.41) is 2.83. The van der Waals surface area contributed by atoms with Crippen molar-refractivity contribution < 1.29 is 17.6 Å². The van der Waals surface area contributed by atoms with Crippen LogP contribution in [0.25, 0.3) is 0 Å². The van der Waals surface area contributed by atoms with Gasteiger partial charge in [-0.05, 0) is 48.9 Å². The van der Waals surface area contributed by atoms with E-state index in [1.165, 1.54) is 42.5 Å². The van der Waals surface area contributed by atoms with E-state index in [-0.39, 0.29) is 17.1 Å². The largest absolute Gasteiger partial charge is 0.322 e. The summed E-state index contributed by atoms with van der Waals surface area (Å²) >= 11 is 5.87. The Kier molecular flexibility index (Phi) is 6.87. The summed E-state index contributed by atoms with van der Waals surface area (Å²) in [4.78, 5) is 12.6. The lowest BCUT2D eigenvalue weighted by Gasteiger charge is -2.22. The highest BCUT2D eigenvalue weighted by atomic mass is 35.5. The molecule has 3 rings (SSSR count). The molecule has 0 saturated heterocycles. The van der Waals surface area contributed by atoms with Crippen LogP contribution in [0.1, 0.15) is 11.1 Å². The lowest BCUT2D eigenvalue weighted by molar-refractivity contribution is -0.116. The van der Waals surface area contributed by atoms with Crippen molar-refractivity contribution in [3.05, 3.63) is 94.8 Å². The first-order chi connectivity index (χ1) is 14.3. The minimum atomic E-state index is -4.01. The van der Waals surface area contributed by atoms with Crippen LogP contribution in [-0.4, -0.2) is 25.2 Å². The summed E-state index contributed by atoms with van der Waals surface area (Å²) in [6.45, 7) is 1.40. The van der Waals surface area contributed by atoms with Gasteiger partial charge in [-0.3, -0.25) is 4.79 Å². The van der Waals surface area contributed by atoms with E-state index in [4.69, 9.17) is 11.6 Å². The van der Waals surface area contributed by atoms with Gasteiger partial charge < -0.3 is 5.32 Å². The van der Waals surface area contributed by atoms with Gasteiger partial charge in [0.2, 0.25) is 15.9 Å². The van der Waals surface area contributed by atoms with Crippen molar-refractivity contribution in [2.45, 2.75) is 18.4 Å². The van der Waals surface area contributed by atoms with Gasteiger partial charge in [0.05, 0.1) is 17.1 Å². The first-order valence-electron chi connectivity index (χ1n) is 9.11. The monoisotopic (exact) mass is 446 g/mol. The fraction of sp³-hybridized carbons (Fsp3) is 0.136. The number of anilines is 1. The quantitative estimate of drug-likeness (QED) is 0.576. The molecule has 0 saturated carbocycles. The highest BCUT2D eigenvalue weighted by Crippen LogP contribution is 2.21. The SMILES string of the molecule is Cc1cccc(CN(CC(=O)Nc2ccccc2F)S(=O)(=O)c2ccc(Cl)cc2)c1. The second-order valence-corrected chi connectivity index (χ2v) is 9.12. The Morgan fingerprint density at radius 1 is 1.03 bits per heavy atom. The molecule has 8 heteroatoms. The minimum absolute atomic E-state index is 0.0121. The number of para-hydroxylation sites is 1. The third-order valence-electron chi connectivity index (χ3n) is 4.36. The average Bonchev–Trinajstić information content (AvgIpc) is 2.69. The van der Waals surface area contributed by atoms with Crippen LogP contribution in [0.5, 0.6) is 0 Å². The predicted octanol–water partition coefficient (Wildman–Crippen LogP) is 4.62. The van der Waals surface area contributed by atoms with Crippen molar-refractivity contribution in [1.82, 2.24) is 4.31 Å². The molecule has 30 heavy (non-hydrogen) atoms. The molecule has 0 bridgehead atoms. The molecule has 1 N–H and O–H groups in total. The number of carbonyl (C=O) groups is 1. The molecule has 0 fully saturated rings. The Bertz CT molecular complexity index is 1150. The molecule has 0 heterocycles. The number of sulfonamides is 1. The summed E-state index contributed by atoms with van der Waals surface area (Å²) in [6.07, 6.45) is 0. The number of nitrogens with one attached hydrogen (secondary N) is 1. The zero-order valence-electron chi connectivity index (χ0n) is 16.2. The van der Waals surface area contributed by atoms with E-state index < -0.39 is 28.3 Å². The zero-order chi connectivity index (χ0) is 21.7. The van der Waals surface area contributed by atoms with Gasteiger partial charge in [0, 0.05) is 11.6 Å². The molecule has 3 aromatic rings. The molecule has 3 aromatic carbocycles. The maximum absolute atomic E-state index is 13.9. The smallest absolute Gasteiger partial charge is 0.243 e. The molecule has 0 aliphatic heterocycles. The number of hydrogen-bond donors (Lipinski definition) is 1. The fourth-order valence-electron chi connectivity index (χ4n) is 2.91. The van der Waals surface area contributed by atoms with Gasteiger partial charge in [-0.2, -0.15) is 4.31 Å². The number of benzene rings is 3. The standard InChI is InChI=1S/C22H20ClFN2O3S/c1-16-5-4-6-17(13-16)14-26(30(28,29)19-11-9-18(23)10-12-19)15-22(27)25-21-8-3-2-7-20(21)24/h2-13H,14-15H2,1H3,(H,25,27). The predicted molar refractivity (Wildman–Crippen MR) is 115 cm³/mol. The first-order valence-corrected chi connectivity index (χ1v) is 10.9. The Hall–Kier alpha value is -2.74. The third kappa shape index (κ3) is 5.44. The normalized spacial score (nSPS) is 11.5. The van der Waals surface area contributed by atoms with Crippen LogP contribution >= 0.6 is 11.6 Å². The van der Waals surface area contributed by atoms with Crippen molar-refractivity contribution >= 4 is 33.2 Å². The van der Waals surface area contributed by atoms with Gasteiger partial charge in [0.1, 0.15) is 5.82 Å². The van der Waals surface area contributed by atoms with Crippen LogP contribution in [0, 0.1) is 12.7 Å². The van der Waals surface area contributed by atoms with Crippen LogP contribution in [0.2, 0.25) is 5.02 Å². The second-order valence-electron chi connectivity index (χ2n) is 6.74. The fourth-order valence-corrected chi connectivity index (χ4v) is 4.42. The summed E-state index contributed by atoms with van der Waals surface area (Å²) in [6, 6.07) is 18.8. The van der Waals surface area contributed by atoms with Crippen LogP contribution in [-0.2, 0) is 21.4 Å². The lowest BCUT2D eigenvalue weighted by Crippen LogP contribution is -2.37. The van der Waals surface area contributed by atoms with E-state index in [0.29, 0.717) is 5.02 Å². The Morgan fingerprint density at radius 2 is 1.73 bits per heavy atom. The number of amides is 1. The molecule has 0 aliphatic carbocycles. The zero-order valence-corrected chi connectivity index (χ0v) is 17.8. The number of rotatable bonds is 7.